The van der Waals surface area contributed by atoms with Crippen molar-refractivity contribution in [2.75, 3.05) is 26.2 Å². The minimum atomic E-state index is 0.257. The summed E-state index contributed by atoms with van der Waals surface area (Å²) in [6.45, 7) is 6.52. The van der Waals surface area contributed by atoms with E-state index in [1.54, 1.807) is 0 Å². The number of hydrogen-bond donors (Lipinski definition) is 1. The van der Waals surface area contributed by atoms with Gasteiger partial charge in [-0.3, -0.25) is 0 Å². The summed E-state index contributed by atoms with van der Waals surface area (Å²) in [6.07, 6.45) is 7.74. The van der Waals surface area contributed by atoms with Gasteiger partial charge in [-0.1, -0.05) is 31.0 Å². The molecule has 3 nitrogen and oxygen atoms in total. The van der Waals surface area contributed by atoms with E-state index in [0.29, 0.717) is 6.54 Å². The smallest absolute Gasteiger partial charge is 0.122 e. The highest BCUT2D eigenvalue weighted by molar-refractivity contribution is 5.33. The molecule has 0 amide bonds. The highest BCUT2D eigenvalue weighted by atomic mass is 16.5. The van der Waals surface area contributed by atoms with Crippen molar-refractivity contribution in [3.63, 3.8) is 0 Å². The topological polar surface area (TPSA) is 38.5 Å². The molecule has 1 aliphatic rings. The molecule has 2 N–H and O–H groups in total. The van der Waals surface area contributed by atoms with E-state index in [1.807, 2.05) is 6.07 Å². The van der Waals surface area contributed by atoms with E-state index >= 15 is 0 Å². The van der Waals surface area contributed by atoms with Crippen LogP contribution in [0.5, 0.6) is 5.75 Å². The first-order chi connectivity index (χ1) is 10.3. The second-order valence-electron chi connectivity index (χ2n) is 6.12. The quantitative estimate of drug-likeness (QED) is 0.838. The van der Waals surface area contributed by atoms with Crippen molar-refractivity contribution in [2.24, 2.45) is 5.73 Å². The zero-order valence-electron chi connectivity index (χ0n) is 13.4. The number of hydrogen-bond acceptors (Lipinski definition) is 3. The maximum atomic E-state index is 6.14. The van der Waals surface area contributed by atoms with Gasteiger partial charge < -0.3 is 15.4 Å². The predicted octanol–water partition coefficient (Wildman–Crippen LogP) is 3.22. The lowest BCUT2D eigenvalue weighted by Gasteiger charge is -2.23. The van der Waals surface area contributed by atoms with E-state index in [-0.39, 0.29) is 6.10 Å². The third-order valence-corrected chi connectivity index (χ3v) is 4.26. The Morgan fingerprint density at radius 1 is 1.14 bits per heavy atom. The van der Waals surface area contributed by atoms with Crippen LogP contribution in [-0.4, -0.2) is 37.2 Å². The van der Waals surface area contributed by atoms with Crippen molar-refractivity contribution in [2.45, 2.75) is 51.6 Å². The van der Waals surface area contributed by atoms with Crippen LogP contribution in [0.3, 0.4) is 0 Å². The Balaban J connectivity index is 1.79. The van der Waals surface area contributed by atoms with Crippen molar-refractivity contribution in [1.29, 1.82) is 0 Å². The molecule has 118 valence electrons. The predicted molar refractivity (Wildman–Crippen MR) is 88.8 cm³/mol. The standard InChI is InChI=1S/C18H30N2O/c1-16(11-15-20-13-6-2-3-7-14-20)21-18-9-5-4-8-17(18)10-12-19/h4-5,8-9,16H,2-3,6-7,10-15,19H2,1H3. The fourth-order valence-corrected chi connectivity index (χ4v) is 2.98. The lowest BCUT2D eigenvalue weighted by molar-refractivity contribution is 0.176. The van der Waals surface area contributed by atoms with Crippen LogP contribution >= 0.6 is 0 Å². The molecule has 0 radical (unpaired) electrons. The third-order valence-electron chi connectivity index (χ3n) is 4.26. The number of ether oxygens (including phenoxy) is 1. The number of benzene rings is 1. The summed E-state index contributed by atoms with van der Waals surface area (Å²) in [5, 5.41) is 0. The minimum absolute atomic E-state index is 0.257. The van der Waals surface area contributed by atoms with Gasteiger partial charge in [0.1, 0.15) is 5.75 Å². The van der Waals surface area contributed by atoms with E-state index in [2.05, 4.69) is 30.0 Å². The summed E-state index contributed by atoms with van der Waals surface area (Å²) in [5.74, 6) is 1.01. The Hall–Kier alpha value is -1.06. The van der Waals surface area contributed by atoms with Crippen LogP contribution in [0.4, 0.5) is 0 Å². The molecule has 1 unspecified atom stereocenters. The van der Waals surface area contributed by atoms with Gasteiger partial charge in [0.25, 0.3) is 0 Å². The van der Waals surface area contributed by atoms with Gasteiger partial charge in [0.05, 0.1) is 6.10 Å². The van der Waals surface area contributed by atoms with Gasteiger partial charge in [-0.25, -0.2) is 0 Å². The molecular formula is C18H30N2O. The summed E-state index contributed by atoms with van der Waals surface area (Å²) < 4.78 is 6.14. The van der Waals surface area contributed by atoms with Gasteiger partial charge in [0, 0.05) is 6.54 Å². The number of likely N-dealkylation sites (tertiary alicyclic amines) is 1. The SMILES string of the molecule is CC(CCN1CCCCCC1)Oc1ccccc1CCN. The molecule has 1 fully saturated rings. The van der Waals surface area contributed by atoms with E-state index in [4.69, 9.17) is 10.5 Å². The van der Waals surface area contributed by atoms with Crippen LogP contribution in [0.25, 0.3) is 0 Å². The first kappa shape index (κ1) is 16.3. The second kappa shape index (κ2) is 9.06. The molecule has 1 aromatic rings. The third kappa shape index (κ3) is 5.68. The van der Waals surface area contributed by atoms with Crippen LogP contribution in [0.15, 0.2) is 24.3 Å². The van der Waals surface area contributed by atoms with Gasteiger partial charge in [-0.2, -0.15) is 0 Å². The Labute approximate surface area is 129 Å². The lowest BCUT2D eigenvalue weighted by Crippen LogP contribution is -2.29. The van der Waals surface area contributed by atoms with Crippen LogP contribution < -0.4 is 10.5 Å². The first-order valence-corrected chi connectivity index (χ1v) is 8.46. The van der Waals surface area contributed by atoms with Crippen LogP contribution in [-0.2, 0) is 6.42 Å². The van der Waals surface area contributed by atoms with E-state index in [1.165, 1.54) is 44.3 Å². The Morgan fingerprint density at radius 3 is 2.57 bits per heavy atom. The van der Waals surface area contributed by atoms with Crippen LogP contribution in [0.2, 0.25) is 0 Å². The fourth-order valence-electron chi connectivity index (χ4n) is 2.98. The highest BCUT2D eigenvalue weighted by Crippen LogP contribution is 2.20. The summed E-state index contributed by atoms with van der Waals surface area (Å²) in [4.78, 5) is 2.60. The molecule has 0 bridgehead atoms. The van der Waals surface area contributed by atoms with E-state index < -0.39 is 0 Å². The molecule has 1 atom stereocenters. The molecule has 0 aromatic heterocycles. The lowest BCUT2D eigenvalue weighted by atomic mass is 10.1. The molecule has 0 spiro atoms. The van der Waals surface area contributed by atoms with E-state index in [9.17, 15) is 0 Å². The average Bonchev–Trinajstić information content (AvgIpc) is 2.76. The number of nitrogens with zero attached hydrogens (tertiary/aromatic N) is 1. The summed E-state index contributed by atoms with van der Waals surface area (Å²) >= 11 is 0. The molecule has 1 aromatic carbocycles. The Bertz CT molecular complexity index is 400. The van der Waals surface area contributed by atoms with E-state index in [0.717, 1.165) is 25.1 Å². The van der Waals surface area contributed by atoms with Gasteiger partial charge in [0.15, 0.2) is 0 Å². The molecular weight excluding hydrogens is 260 g/mol. The summed E-state index contributed by atoms with van der Waals surface area (Å²) in [7, 11) is 0. The maximum absolute atomic E-state index is 6.14. The molecule has 1 saturated heterocycles. The molecule has 3 heteroatoms. The minimum Gasteiger partial charge on any atom is -0.490 e. The summed E-state index contributed by atoms with van der Waals surface area (Å²) in [5.41, 5.74) is 6.89. The van der Waals surface area contributed by atoms with Crippen molar-refractivity contribution in [1.82, 2.24) is 4.90 Å². The zero-order valence-corrected chi connectivity index (χ0v) is 13.4. The highest BCUT2D eigenvalue weighted by Gasteiger charge is 2.12. The molecule has 0 saturated carbocycles. The first-order valence-electron chi connectivity index (χ1n) is 8.46. The Morgan fingerprint density at radius 2 is 1.86 bits per heavy atom. The fraction of sp³-hybridized carbons (Fsp3) is 0.667. The zero-order chi connectivity index (χ0) is 14.9. The van der Waals surface area contributed by atoms with Crippen LogP contribution in [0, 0.1) is 0 Å². The average molecular weight is 290 g/mol. The molecule has 1 aliphatic heterocycles. The van der Waals surface area contributed by atoms with Gasteiger partial charge >= 0.3 is 0 Å². The van der Waals surface area contributed by atoms with Crippen molar-refractivity contribution in [3.8, 4) is 5.75 Å². The van der Waals surface area contributed by atoms with Gasteiger partial charge in [-0.15, -0.1) is 0 Å². The maximum Gasteiger partial charge on any atom is 0.122 e. The largest absolute Gasteiger partial charge is 0.490 e. The molecule has 2 rings (SSSR count). The molecule has 1 heterocycles. The second-order valence-corrected chi connectivity index (χ2v) is 6.12. The van der Waals surface area contributed by atoms with Crippen molar-refractivity contribution >= 4 is 0 Å². The van der Waals surface area contributed by atoms with Crippen molar-refractivity contribution in [3.05, 3.63) is 29.8 Å². The molecule has 0 aliphatic carbocycles. The van der Waals surface area contributed by atoms with Crippen LogP contribution in [0.1, 0.15) is 44.6 Å². The Kier molecular flexibility index (Phi) is 7.04. The number of nitrogens with two attached hydrogens (primary N) is 1. The van der Waals surface area contributed by atoms with Crippen molar-refractivity contribution < 1.29 is 4.74 Å². The normalized spacial score (nSPS) is 18.2. The monoisotopic (exact) mass is 290 g/mol. The summed E-state index contributed by atoms with van der Waals surface area (Å²) in [6, 6.07) is 8.27. The van der Waals surface area contributed by atoms with Gasteiger partial charge in [0.2, 0.25) is 0 Å². The molecule has 21 heavy (non-hydrogen) atoms. The van der Waals surface area contributed by atoms with Gasteiger partial charge in [-0.05, 0) is 63.9 Å². The number of para-hydroxylation sites is 1. The number of rotatable bonds is 7.